The highest BCUT2D eigenvalue weighted by Crippen LogP contribution is 2.21. The monoisotopic (exact) mass is 349 g/mol. The van der Waals surface area contributed by atoms with Gasteiger partial charge in [-0.1, -0.05) is 50.3 Å². The quantitative estimate of drug-likeness (QED) is 0.484. The lowest BCUT2D eigenvalue weighted by Crippen LogP contribution is -2.08. The fourth-order valence-electron chi connectivity index (χ4n) is 2.37. The molecule has 1 atom stereocenters. The molecule has 2 aromatic rings. The SMILES string of the molecule is CCC(C)/C=C(/C#Cc1ccc(SC)cc1)c1ccc(N(C)C)cc1. The number of thioether (sulfide) groups is 1. The molecule has 0 radical (unpaired) electrons. The molecule has 2 aromatic carbocycles. The van der Waals surface area contributed by atoms with Gasteiger partial charge in [-0.25, -0.2) is 0 Å². The van der Waals surface area contributed by atoms with Crippen molar-refractivity contribution in [1.29, 1.82) is 0 Å². The second kappa shape index (κ2) is 9.39. The highest BCUT2D eigenvalue weighted by atomic mass is 32.2. The summed E-state index contributed by atoms with van der Waals surface area (Å²) in [6.45, 7) is 4.45. The van der Waals surface area contributed by atoms with Crippen molar-refractivity contribution in [2.45, 2.75) is 25.2 Å². The van der Waals surface area contributed by atoms with Gasteiger partial charge in [0.2, 0.25) is 0 Å². The van der Waals surface area contributed by atoms with Gasteiger partial charge in [0.25, 0.3) is 0 Å². The smallest absolute Gasteiger partial charge is 0.0361 e. The van der Waals surface area contributed by atoms with Crippen molar-refractivity contribution in [3.63, 3.8) is 0 Å². The maximum absolute atomic E-state index is 3.39. The van der Waals surface area contributed by atoms with E-state index in [-0.39, 0.29) is 0 Å². The molecule has 0 bridgehead atoms. The maximum Gasteiger partial charge on any atom is 0.0361 e. The summed E-state index contributed by atoms with van der Waals surface area (Å²) in [5.41, 5.74) is 4.54. The average molecular weight is 350 g/mol. The van der Waals surface area contributed by atoms with Crippen LogP contribution in [0.15, 0.2) is 59.5 Å². The van der Waals surface area contributed by atoms with Crippen LogP contribution in [0.2, 0.25) is 0 Å². The van der Waals surface area contributed by atoms with Gasteiger partial charge in [0.15, 0.2) is 0 Å². The van der Waals surface area contributed by atoms with Gasteiger partial charge in [0.05, 0.1) is 0 Å². The van der Waals surface area contributed by atoms with Gasteiger partial charge in [0, 0.05) is 35.8 Å². The summed E-state index contributed by atoms with van der Waals surface area (Å²) in [7, 11) is 4.12. The molecule has 0 aromatic heterocycles. The molecule has 2 heteroatoms. The van der Waals surface area contributed by atoms with Gasteiger partial charge in [-0.3, -0.25) is 0 Å². The average Bonchev–Trinajstić information content (AvgIpc) is 2.65. The van der Waals surface area contributed by atoms with Crippen LogP contribution < -0.4 is 4.90 Å². The van der Waals surface area contributed by atoms with E-state index in [0.717, 1.165) is 17.6 Å². The zero-order chi connectivity index (χ0) is 18.2. The lowest BCUT2D eigenvalue weighted by atomic mass is 9.99. The van der Waals surface area contributed by atoms with Crippen LogP contribution in [0.1, 0.15) is 31.4 Å². The van der Waals surface area contributed by atoms with Gasteiger partial charge >= 0.3 is 0 Å². The van der Waals surface area contributed by atoms with Crippen molar-refractivity contribution in [3.8, 4) is 11.8 Å². The van der Waals surface area contributed by atoms with Crippen LogP contribution in [0.3, 0.4) is 0 Å². The van der Waals surface area contributed by atoms with Crippen LogP contribution in [0, 0.1) is 17.8 Å². The summed E-state index contributed by atoms with van der Waals surface area (Å²) in [6, 6.07) is 17.1. The first-order valence-corrected chi connectivity index (χ1v) is 9.91. The van der Waals surface area contributed by atoms with Crippen LogP contribution in [-0.4, -0.2) is 20.4 Å². The summed E-state index contributed by atoms with van der Waals surface area (Å²) < 4.78 is 0. The first-order chi connectivity index (χ1) is 12.0. The molecular formula is C23H27NS. The van der Waals surface area contributed by atoms with Crippen molar-refractivity contribution < 1.29 is 0 Å². The number of rotatable bonds is 5. The predicted octanol–water partition coefficient (Wildman–Crippen LogP) is 5.96. The van der Waals surface area contributed by atoms with E-state index in [1.54, 1.807) is 11.8 Å². The molecule has 0 fully saturated rings. The third-order valence-corrected chi connectivity index (χ3v) is 4.96. The number of allylic oxidation sites excluding steroid dienone is 2. The van der Waals surface area contributed by atoms with Crippen molar-refractivity contribution >= 4 is 23.0 Å². The van der Waals surface area contributed by atoms with Crippen molar-refractivity contribution in [2.75, 3.05) is 25.3 Å². The van der Waals surface area contributed by atoms with Gasteiger partial charge in [-0.2, -0.15) is 0 Å². The standard InChI is InChI=1S/C23H27NS/c1-6-18(2)17-21(20-11-13-22(14-12-20)24(3)4)10-7-19-8-15-23(25-5)16-9-19/h8-9,11-18H,6H2,1-5H3/b21-17-. The Bertz CT molecular complexity index is 758. The minimum absolute atomic E-state index is 0.511. The summed E-state index contributed by atoms with van der Waals surface area (Å²) in [5.74, 6) is 7.23. The Morgan fingerprint density at radius 3 is 2.24 bits per heavy atom. The number of hydrogen-bond acceptors (Lipinski definition) is 2. The van der Waals surface area contributed by atoms with Crippen LogP contribution in [0.4, 0.5) is 5.69 Å². The third-order valence-electron chi connectivity index (χ3n) is 4.22. The second-order valence-electron chi connectivity index (χ2n) is 6.39. The molecule has 0 saturated heterocycles. The van der Waals surface area contributed by atoms with Gasteiger partial charge in [-0.15, -0.1) is 11.8 Å². The van der Waals surface area contributed by atoms with E-state index >= 15 is 0 Å². The fourth-order valence-corrected chi connectivity index (χ4v) is 2.77. The summed E-state index contributed by atoms with van der Waals surface area (Å²) in [4.78, 5) is 3.38. The number of nitrogens with zero attached hydrogens (tertiary/aromatic N) is 1. The maximum atomic E-state index is 3.39. The topological polar surface area (TPSA) is 3.24 Å². The molecule has 0 N–H and O–H groups in total. The lowest BCUT2D eigenvalue weighted by Gasteiger charge is -2.13. The lowest BCUT2D eigenvalue weighted by molar-refractivity contribution is 0.700. The number of anilines is 1. The Labute approximate surface area is 157 Å². The summed E-state index contributed by atoms with van der Waals surface area (Å²) in [6.07, 6.45) is 5.49. The molecular weight excluding hydrogens is 322 g/mol. The van der Waals surface area contributed by atoms with E-state index in [1.807, 2.05) is 0 Å². The predicted molar refractivity (Wildman–Crippen MR) is 113 cm³/mol. The highest BCUT2D eigenvalue weighted by Gasteiger charge is 2.03. The minimum Gasteiger partial charge on any atom is -0.378 e. The van der Waals surface area contributed by atoms with Crippen molar-refractivity contribution in [1.82, 2.24) is 0 Å². The van der Waals surface area contributed by atoms with E-state index < -0.39 is 0 Å². The van der Waals surface area contributed by atoms with Crippen LogP contribution in [0.25, 0.3) is 5.57 Å². The Kier molecular flexibility index (Phi) is 7.22. The van der Waals surface area contributed by atoms with Gasteiger partial charge < -0.3 is 4.90 Å². The van der Waals surface area contributed by atoms with Crippen LogP contribution in [-0.2, 0) is 0 Å². The first-order valence-electron chi connectivity index (χ1n) is 8.69. The zero-order valence-electron chi connectivity index (χ0n) is 15.8. The zero-order valence-corrected chi connectivity index (χ0v) is 16.7. The molecule has 25 heavy (non-hydrogen) atoms. The number of benzene rings is 2. The third kappa shape index (κ3) is 5.73. The van der Waals surface area contributed by atoms with E-state index in [2.05, 4.69) is 106 Å². The summed E-state index contributed by atoms with van der Waals surface area (Å²) in [5, 5.41) is 0. The van der Waals surface area contributed by atoms with Crippen LogP contribution >= 0.6 is 11.8 Å². The Hall–Kier alpha value is -2.11. The summed E-state index contributed by atoms with van der Waals surface area (Å²) >= 11 is 1.75. The molecule has 0 heterocycles. The second-order valence-corrected chi connectivity index (χ2v) is 7.27. The van der Waals surface area contributed by atoms with Gasteiger partial charge in [-0.05, 0) is 54.1 Å². The van der Waals surface area contributed by atoms with E-state index in [4.69, 9.17) is 0 Å². The molecule has 1 nitrogen and oxygen atoms in total. The Morgan fingerprint density at radius 2 is 1.72 bits per heavy atom. The van der Waals surface area contributed by atoms with Gasteiger partial charge in [0.1, 0.15) is 0 Å². The van der Waals surface area contributed by atoms with E-state index in [1.165, 1.54) is 16.1 Å². The minimum atomic E-state index is 0.511. The molecule has 0 aliphatic heterocycles. The Balaban J connectivity index is 2.33. The van der Waals surface area contributed by atoms with Crippen molar-refractivity contribution in [2.24, 2.45) is 5.92 Å². The highest BCUT2D eigenvalue weighted by molar-refractivity contribution is 7.98. The fraction of sp³-hybridized carbons (Fsp3) is 0.304. The van der Waals surface area contributed by atoms with E-state index in [0.29, 0.717) is 5.92 Å². The first kappa shape index (κ1) is 19.2. The molecule has 2 rings (SSSR count). The number of hydrogen-bond donors (Lipinski definition) is 0. The van der Waals surface area contributed by atoms with E-state index in [9.17, 15) is 0 Å². The molecule has 0 saturated carbocycles. The normalized spacial score (nSPS) is 12.3. The molecule has 1 unspecified atom stereocenters. The van der Waals surface area contributed by atoms with Crippen LogP contribution in [0.5, 0.6) is 0 Å². The molecule has 0 aliphatic rings. The Morgan fingerprint density at radius 1 is 1.08 bits per heavy atom. The molecule has 0 spiro atoms. The largest absolute Gasteiger partial charge is 0.378 e. The molecule has 130 valence electrons. The van der Waals surface area contributed by atoms with Crippen molar-refractivity contribution in [3.05, 3.63) is 65.7 Å². The molecule has 0 amide bonds. The molecule has 0 aliphatic carbocycles.